The minimum absolute atomic E-state index is 0.0162. The summed E-state index contributed by atoms with van der Waals surface area (Å²) in [6.07, 6.45) is 0. The normalized spacial score (nSPS) is 16.8. The van der Waals surface area contributed by atoms with Gasteiger partial charge in [-0.3, -0.25) is 19.4 Å². The van der Waals surface area contributed by atoms with Crippen LogP contribution in [0.1, 0.15) is 28.7 Å². The minimum atomic E-state index is -1.29. The Balaban J connectivity index is 2.27. The number of rotatable bonds is 3. The first-order valence-corrected chi connectivity index (χ1v) is 8.71. The van der Waals surface area contributed by atoms with E-state index in [0.717, 1.165) is 9.80 Å². The van der Waals surface area contributed by atoms with Crippen molar-refractivity contribution in [1.82, 2.24) is 14.4 Å². The molecule has 9 heteroatoms. The Bertz CT molecular complexity index is 930. The first-order valence-electron chi connectivity index (χ1n) is 8.71. The lowest BCUT2D eigenvalue weighted by atomic mass is 9.82. The number of phenols is 1. The lowest BCUT2D eigenvalue weighted by molar-refractivity contribution is -0.621. The Labute approximate surface area is 162 Å². The van der Waals surface area contributed by atoms with Crippen LogP contribution < -0.4 is 4.73 Å². The molecule has 0 saturated carbocycles. The monoisotopic (exact) mass is 386 g/mol. The molecule has 0 aliphatic carbocycles. The number of aromatic hydroxyl groups is 1. The number of hydrogen-bond acceptors (Lipinski definition) is 5. The van der Waals surface area contributed by atoms with Crippen LogP contribution in [0.25, 0.3) is 0 Å². The lowest BCUT2D eigenvalue weighted by Crippen LogP contribution is -2.59. The summed E-state index contributed by atoms with van der Waals surface area (Å²) >= 11 is 0. The number of carbonyl (C=O) groups excluding carboxylic acids is 3. The molecule has 1 aromatic heterocycles. The maximum atomic E-state index is 12.9. The highest BCUT2D eigenvalue weighted by Crippen LogP contribution is 2.36. The molecule has 28 heavy (non-hydrogen) atoms. The first kappa shape index (κ1) is 19.4. The van der Waals surface area contributed by atoms with Gasteiger partial charge in [-0.2, -0.15) is 0 Å². The van der Waals surface area contributed by atoms with Crippen LogP contribution in [0.4, 0.5) is 4.79 Å². The fourth-order valence-corrected chi connectivity index (χ4v) is 3.60. The van der Waals surface area contributed by atoms with E-state index in [0.29, 0.717) is 21.7 Å². The van der Waals surface area contributed by atoms with E-state index in [2.05, 4.69) is 0 Å². The first-order chi connectivity index (χ1) is 13.1. The van der Waals surface area contributed by atoms with Crippen LogP contribution in [0, 0.1) is 25.0 Å². The SMILES string of the molecule is Cc1c(C)[n+]([O-])c([C@H](c2ccc(O)cc2)C2C(=O)N(C)C(=O)N(C)C2=O)n1C. The van der Waals surface area contributed by atoms with E-state index < -0.39 is 29.7 Å². The van der Waals surface area contributed by atoms with Crippen molar-refractivity contribution in [3.63, 3.8) is 0 Å². The second-order valence-electron chi connectivity index (χ2n) is 7.01. The average molecular weight is 386 g/mol. The third-order valence-electron chi connectivity index (χ3n) is 5.51. The molecule has 1 aliphatic heterocycles. The number of aromatic nitrogens is 2. The van der Waals surface area contributed by atoms with E-state index in [4.69, 9.17) is 0 Å². The van der Waals surface area contributed by atoms with Gasteiger partial charge < -0.3 is 10.3 Å². The number of phenolic OH excluding ortho intramolecular Hbond substituents is 1. The Morgan fingerprint density at radius 1 is 1.00 bits per heavy atom. The molecule has 148 valence electrons. The molecule has 1 atom stereocenters. The van der Waals surface area contributed by atoms with Crippen LogP contribution in [0.2, 0.25) is 0 Å². The number of nitrogens with zero attached hydrogens (tertiary/aromatic N) is 4. The van der Waals surface area contributed by atoms with Crippen molar-refractivity contribution in [1.29, 1.82) is 0 Å². The highest BCUT2D eigenvalue weighted by Gasteiger charge is 2.51. The van der Waals surface area contributed by atoms with Crippen molar-refractivity contribution >= 4 is 17.8 Å². The molecule has 9 nitrogen and oxygen atoms in total. The van der Waals surface area contributed by atoms with Gasteiger partial charge in [0.15, 0.2) is 0 Å². The van der Waals surface area contributed by atoms with Crippen molar-refractivity contribution in [2.75, 3.05) is 14.1 Å². The summed E-state index contributed by atoms with van der Waals surface area (Å²) in [5, 5.41) is 22.5. The molecule has 1 saturated heterocycles. The predicted molar refractivity (Wildman–Crippen MR) is 98.2 cm³/mol. The Morgan fingerprint density at radius 2 is 1.50 bits per heavy atom. The van der Waals surface area contributed by atoms with Gasteiger partial charge in [0.1, 0.15) is 29.0 Å². The van der Waals surface area contributed by atoms with Crippen LogP contribution in [0.3, 0.4) is 0 Å². The molecule has 0 bridgehead atoms. The molecule has 2 heterocycles. The lowest BCUT2D eigenvalue weighted by Gasteiger charge is -2.35. The fourth-order valence-electron chi connectivity index (χ4n) is 3.60. The van der Waals surface area contributed by atoms with E-state index >= 15 is 0 Å². The van der Waals surface area contributed by atoms with Gasteiger partial charge >= 0.3 is 6.03 Å². The zero-order valence-corrected chi connectivity index (χ0v) is 16.3. The molecule has 4 amide bonds. The summed E-state index contributed by atoms with van der Waals surface area (Å²) in [6, 6.07) is 5.26. The quantitative estimate of drug-likeness (QED) is 0.476. The van der Waals surface area contributed by atoms with Gasteiger partial charge in [0.2, 0.25) is 11.8 Å². The molecule has 1 aliphatic rings. The summed E-state index contributed by atoms with van der Waals surface area (Å²) in [6.45, 7) is 3.43. The number of amides is 4. The third kappa shape index (κ3) is 2.70. The molecule has 0 radical (unpaired) electrons. The van der Waals surface area contributed by atoms with Gasteiger partial charge in [0, 0.05) is 27.9 Å². The Hall–Kier alpha value is -3.36. The minimum Gasteiger partial charge on any atom is -0.711 e. The Morgan fingerprint density at radius 3 is 1.93 bits per heavy atom. The second kappa shape index (κ2) is 6.66. The van der Waals surface area contributed by atoms with Crippen LogP contribution in [0.5, 0.6) is 5.75 Å². The van der Waals surface area contributed by atoms with Crippen molar-refractivity contribution in [2.45, 2.75) is 19.8 Å². The zero-order valence-electron chi connectivity index (χ0n) is 16.3. The second-order valence-corrected chi connectivity index (χ2v) is 7.01. The Kier molecular flexibility index (Phi) is 4.62. The average Bonchev–Trinajstić information content (AvgIpc) is 2.86. The predicted octanol–water partition coefficient (Wildman–Crippen LogP) is 0.779. The summed E-state index contributed by atoms with van der Waals surface area (Å²) in [7, 11) is 4.30. The van der Waals surface area contributed by atoms with E-state index in [1.165, 1.54) is 26.2 Å². The molecule has 2 aromatic rings. The summed E-state index contributed by atoms with van der Waals surface area (Å²) < 4.78 is 2.36. The molecule has 1 N–H and O–H groups in total. The van der Waals surface area contributed by atoms with Crippen LogP contribution >= 0.6 is 0 Å². The summed E-state index contributed by atoms with van der Waals surface area (Å²) in [4.78, 5) is 39.8. The highest BCUT2D eigenvalue weighted by atomic mass is 16.5. The van der Waals surface area contributed by atoms with Crippen LogP contribution in [-0.4, -0.2) is 51.4 Å². The molecule has 0 unspecified atom stereocenters. The third-order valence-corrected chi connectivity index (χ3v) is 5.51. The van der Waals surface area contributed by atoms with Gasteiger partial charge in [0.05, 0.1) is 7.05 Å². The van der Waals surface area contributed by atoms with Crippen molar-refractivity contribution in [3.8, 4) is 5.75 Å². The number of barbiturate groups is 1. The van der Waals surface area contributed by atoms with Gasteiger partial charge in [-0.15, -0.1) is 0 Å². The number of carbonyl (C=O) groups is 3. The van der Waals surface area contributed by atoms with Gasteiger partial charge in [-0.25, -0.2) is 14.1 Å². The maximum Gasteiger partial charge on any atom is 0.332 e. The standard InChI is InChI=1S/C19H22N4O5/c1-10-11(2)23(28)16(20(10)3)14(12-6-8-13(24)9-7-12)15-17(25)21(4)19(27)22(5)18(15)26/h6-9,14-15,24H,1-5H3/t14-/m1/s1. The van der Waals surface area contributed by atoms with Crippen LogP contribution in [0.15, 0.2) is 24.3 Å². The molecule has 1 aromatic carbocycles. The molecular formula is C19H22N4O5. The van der Waals surface area contributed by atoms with Crippen molar-refractivity contribution in [3.05, 3.63) is 52.2 Å². The van der Waals surface area contributed by atoms with Gasteiger partial charge in [-0.1, -0.05) is 12.1 Å². The molecule has 3 rings (SSSR count). The maximum absolute atomic E-state index is 12.9. The largest absolute Gasteiger partial charge is 0.711 e. The van der Waals surface area contributed by atoms with E-state index in [9.17, 15) is 24.7 Å². The fraction of sp³-hybridized carbons (Fsp3) is 0.368. The topological polar surface area (TPSA) is 110 Å². The van der Waals surface area contributed by atoms with Crippen LogP contribution in [-0.2, 0) is 16.6 Å². The number of benzene rings is 1. The zero-order chi connectivity index (χ0) is 20.9. The van der Waals surface area contributed by atoms with E-state index in [1.54, 1.807) is 37.6 Å². The van der Waals surface area contributed by atoms with E-state index in [-0.39, 0.29) is 11.6 Å². The molecule has 1 fully saturated rings. The smallest absolute Gasteiger partial charge is 0.332 e. The highest BCUT2D eigenvalue weighted by molar-refractivity contribution is 6.16. The number of imide groups is 2. The number of urea groups is 1. The van der Waals surface area contributed by atoms with E-state index in [1.807, 2.05) is 0 Å². The molecular weight excluding hydrogens is 364 g/mol. The van der Waals surface area contributed by atoms with Gasteiger partial charge in [-0.05, 0) is 17.7 Å². The molecule has 0 spiro atoms. The van der Waals surface area contributed by atoms with Crippen molar-refractivity contribution < 1.29 is 24.2 Å². The number of hydrogen-bond donors (Lipinski definition) is 1. The number of imidazole rings is 1. The summed E-state index contributed by atoms with van der Waals surface area (Å²) in [5.74, 6) is -3.35. The van der Waals surface area contributed by atoms with Crippen molar-refractivity contribution in [2.24, 2.45) is 13.0 Å². The summed E-state index contributed by atoms with van der Waals surface area (Å²) in [5.41, 5.74) is 1.66. The van der Waals surface area contributed by atoms with Gasteiger partial charge in [0.25, 0.3) is 5.82 Å².